The minimum Gasteiger partial charge on any atom is -0.493 e. The van der Waals surface area contributed by atoms with Gasteiger partial charge in [0.25, 0.3) is 0 Å². The Morgan fingerprint density at radius 1 is 1.06 bits per heavy atom. The highest BCUT2D eigenvalue weighted by Crippen LogP contribution is 2.36. The van der Waals surface area contributed by atoms with Gasteiger partial charge in [0.15, 0.2) is 11.5 Å². The molecule has 0 radical (unpaired) electrons. The summed E-state index contributed by atoms with van der Waals surface area (Å²) in [5.41, 5.74) is 5.72. The molecule has 5 nitrogen and oxygen atoms in total. The van der Waals surface area contributed by atoms with Crippen LogP contribution in [-0.2, 0) is 13.0 Å². The van der Waals surface area contributed by atoms with Crippen LogP contribution in [0.4, 0.5) is 0 Å². The fourth-order valence-corrected chi connectivity index (χ4v) is 4.09. The summed E-state index contributed by atoms with van der Waals surface area (Å²) in [5, 5.41) is 3.60. The largest absolute Gasteiger partial charge is 0.493 e. The summed E-state index contributed by atoms with van der Waals surface area (Å²) < 4.78 is 17.1. The molecule has 1 atom stereocenters. The highest BCUT2D eigenvalue weighted by Gasteiger charge is 2.21. The third-order valence-electron chi connectivity index (χ3n) is 5.83. The van der Waals surface area contributed by atoms with Gasteiger partial charge in [0.05, 0.1) is 19.3 Å². The average Bonchev–Trinajstić information content (AvgIpc) is 3.41. The van der Waals surface area contributed by atoms with Crippen LogP contribution in [0.3, 0.4) is 0 Å². The lowest BCUT2D eigenvalue weighted by Crippen LogP contribution is -2.28. The van der Waals surface area contributed by atoms with Gasteiger partial charge in [-0.3, -0.25) is 0 Å². The second kappa shape index (κ2) is 9.76. The number of ether oxygens (including phenoxy) is 2. The molecule has 1 aliphatic heterocycles. The zero-order valence-electron chi connectivity index (χ0n) is 18.5. The second-order valence-electron chi connectivity index (χ2n) is 7.98. The minimum absolute atomic E-state index is 0.109. The van der Waals surface area contributed by atoms with Crippen molar-refractivity contribution < 1.29 is 13.9 Å². The molecule has 0 aliphatic carbocycles. The molecule has 33 heavy (non-hydrogen) atoms. The molecule has 5 rings (SSSR count). The number of benzene rings is 3. The maximum absolute atomic E-state index is 6.11. The van der Waals surface area contributed by atoms with Crippen LogP contribution in [0.1, 0.15) is 28.3 Å². The first-order valence-corrected chi connectivity index (χ1v) is 11.1. The van der Waals surface area contributed by atoms with E-state index in [-0.39, 0.29) is 6.04 Å². The van der Waals surface area contributed by atoms with Crippen LogP contribution >= 0.6 is 0 Å². The number of hydrogen-bond acceptors (Lipinski definition) is 5. The monoisotopic (exact) mass is 438 g/mol. The van der Waals surface area contributed by atoms with Crippen LogP contribution in [0, 0.1) is 0 Å². The molecular weight excluding hydrogens is 412 g/mol. The fourth-order valence-electron chi connectivity index (χ4n) is 4.09. The van der Waals surface area contributed by atoms with Gasteiger partial charge in [-0.1, -0.05) is 54.6 Å². The van der Waals surface area contributed by atoms with E-state index in [1.165, 1.54) is 11.1 Å². The van der Waals surface area contributed by atoms with E-state index >= 15 is 0 Å². The Labute approximate surface area is 193 Å². The quantitative estimate of drug-likeness (QED) is 0.393. The van der Waals surface area contributed by atoms with Crippen molar-refractivity contribution in [3.05, 3.63) is 108 Å². The van der Waals surface area contributed by atoms with Gasteiger partial charge in [-0.2, -0.15) is 0 Å². The predicted molar refractivity (Wildman–Crippen MR) is 129 cm³/mol. The summed E-state index contributed by atoms with van der Waals surface area (Å²) in [4.78, 5) is 4.20. The van der Waals surface area contributed by atoms with E-state index < -0.39 is 0 Å². The van der Waals surface area contributed by atoms with Crippen LogP contribution in [0.15, 0.2) is 89.7 Å². The minimum atomic E-state index is 0.109. The number of aromatic nitrogens is 1. The molecule has 0 fully saturated rings. The van der Waals surface area contributed by atoms with Crippen LogP contribution in [0.5, 0.6) is 11.5 Å². The molecular formula is C28H26N2O3. The maximum Gasteiger partial charge on any atom is 0.225 e. The van der Waals surface area contributed by atoms with Crippen molar-refractivity contribution in [2.45, 2.75) is 19.1 Å². The molecule has 0 spiro atoms. The first-order chi connectivity index (χ1) is 16.3. The van der Waals surface area contributed by atoms with Gasteiger partial charge in [-0.25, -0.2) is 4.98 Å². The molecule has 0 saturated carbocycles. The fraction of sp³-hybridized carbons (Fsp3) is 0.179. The number of fused-ring (bicyclic) bond motifs is 1. The lowest BCUT2D eigenvalue weighted by atomic mass is 9.93. The Kier molecular flexibility index (Phi) is 6.22. The number of hydrogen-bond donors (Lipinski definition) is 1. The van der Waals surface area contributed by atoms with E-state index in [0.717, 1.165) is 41.2 Å². The van der Waals surface area contributed by atoms with Gasteiger partial charge in [-0.15, -0.1) is 0 Å². The number of nitrogens with zero attached hydrogens (tertiary/aromatic N) is 1. The van der Waals surface area contributed by atoms with E-state index in [1.807, 2.05) is 30.3 Å². The van der Waals surface area contributed by atoms with E-state index in [2.05, 4.69) is 58.9 Å². The van der Waals surface area contributed by atoms with E-state index in [1.54, 1.807) is 19.6 Å². The topological polar surface area (TPSA) is 56.5 Å². The molecule has 166 valence electrons. The molecule has 0 bridgehead atoms. The zero-order chi connectivity index (χ0) is 22.5. The molecule has 1 aromatic heterocycles. The Hall–Kier alpha value is -3.83. The highest BCUT2D eigenvalue weighted by atomic mass is 16.5. The Balaban J connectivity index is 1.34. The van der Waals surface area contributed by atoms with Gasteiger partial charge in [0, 0.05) is 12.1 Å². The lowest BCUT2D eigenvalue weighted by Gasteiger charge is -2.26. The van der Waals surface area contributed by atoms with Crippen molar-refractivity contribution in [1.29, 1.82) is 0 Å². The Bertz CT molecular complexity index is 1220. The van der Waals surface area contributed by atoms with Crippen molar-refractivity contribution in [2.24, 2.45) is 0 Å². The van der Waals surface area contributed by atoms with Gasteiger partial charge < -0.3 is 19.2 Å². The Morgan fingerprint density at radius 2 is 1.91 bits per heavy atom. The summed E-state index contributed by atoms with van der Waals surface area (Å²) in [6, 6.07) is 22.7. The normalized spacial score (nSPS) is 15.4. The summed E-state index contributed by atoms with van der Waals surface area (Å²) in [7, 11) is 1.69. The molecule has 0 amide bonds. The third-order valence-corrected chi connectivity index (χ3v) is 5.83. The van der Waals surface area contributed by atoms with E-state index in [0.29, 0.717) is 12.5 Å². The van der Waals surface area contributed by atoms with Crippen LogP contribution in [0.25, 0.3) is 17.5 Å². The lowest BCUT2D eigenvalue weighted by molar-refractivity contribution is 0.283. The molecule has 4 aromatic rings. The summed E-state index contributed by atoms with van der Waals surface area (Å²) >= 11 is 0. The van der Waals surface area contributed by atoms with Gasteiger partial charge in [-0.05, 0) is 52.9 Å². The first-order valence-electron chi connectivity index (χ1n) is 11.1. The Morgan fingerprint density at radius 3 is 2.67 bits per heavy atom. The van der Waals surface area contributed by atoms with Crippen molar-refractivity contribution in [3.8, 4) is 23.0 Å². The van der Waals surface area contributed by atoms with E-state index in [4.69, 9.17) is 13.9 Å². The summed E-state index contributed by atoms with van der Waals surface area (Å²) in [6.07, 6.45) is 8.53. The predicted octanol–water partition coefficient (Wildman–Crippen LogP) is 5.83. The molecule has 0 saturated heterocycles. The standard InChI is InChI=1S/C28H26N2O3/c1-31-26-18-24-23(17-27(26)33-19-21-5-3-2-4-6-21)13-14-29-25(24)12-9-20-7-10-22(11-8-20)28-30-15-16-32-28/h2-12,15-18,25,29H,13-14,19H2,1H3. The maximum atomic E-state index is 6.11. The van der Waals surface area contributed by atoms with Gasteiger partial charge in [0.2, 0.25) is 5.89 Å². The molecule has 2 heterocycles. The third kappa shape index (κ3) is 4.83. The second-order valence-corrected chi connectivity index (χ2v) is 7.98. The number of nitrogens with one attached hydrogen (secondary N) is 1. The summed E-state index contributed by atoms with van der Waals surface area (Å²) in [6.45, 7) is 1.43. The number of methoxy groups -OCH3 is 1. The van der Waals surface area contributed by atoms with Crippen LogP contribution in [-0.4, -0.2) is 18.6 Å². The highest BCUT2D eigenvalue weighted by molar-refractivity contribution is 5.60. The van der Waals surface area contributed by atoms with Crippen LogP contribution < -0.4 is 14.8 Å². The molecule has 5 heteroatoms. The van der Waals surface area contributed by atoms with Crippen LogP contribution in [0.2, 0.25) is 0 Å². The molecule has 1 aliphatic rings. The number of rotatable bonds is 7. The molecule has 1 N–H and O–H groups in total. The van der Waals surface area contributed by atoms with Crippen molar-refractivity contribution in [1.82, 2.24) is 10.3 Å². The van der Waals surface area contributed by atoms with Crippen molar-refractivity contribution in [2.75, 3.05) is 13.7 Å². The van der Waals surface area contributed by atoms with Crippen molar-refractivity contribution in [3.63, 3.8) is 0 Å². The first kappa shape index (κ1) is 21.0. The van der Waals surface area contributed by atoms with Gasteiger partial charge in [0.1, 0.15) is 12.9 Å². The molecule has 1 unspecified atom stereocenters. The van der Waals surface area contributed by atoms with Gasteiger partial charge >= 0.3 is 0 Å². The van der Waals surface area contributed by atoms with Crippen molar-refractivity contribution >= 4 is 6.08 Å². The number of oxazole rings is 1. The average molecular weight is 439 g/mol. The zero-order valence-corrected chi connectivity index (χ0v) is 18.5. The smallest absolute Gasteiger partial charge is 0.225 e. The van der Waals surface area contributed by atoms with E-state index in [9.17, 15) is 0 Å². The SMILES string of the molecule is COc1cc2c(cc1OCc1ccccc1)CCNC2C=Cc1ccc(-c2ncco2)cc1. The summed E-state index contributed by atoms with van der Waals surface area (Å²) in [5.74, 6) is 2.17. The molecule has 3 aromatic carbocycles.